The van der Waals surface area contributed by atoms with Crippen LogP contribution in [0.25, 0.3) is 11.3 Å². The molecule has 6 nitrogen and oxygen atoms in total. The Balaban J connectivity index is 1.99. The van der Waals surface area contributed by atoms with Crippen molar-refractivity contribution >= 4 is 6.09 Å². The Labute approximate surface area is 134 Å². The Morgan fingerprint density at radius 1 is 1.43 bits per heavy atom. The van der Waals surface area contributed by atoms with Crippen LogP contribution in [-0.4, -0.2) is 46.3 Å². The summed E-state index contributed by atoms with van der Waals surface area (Å²) in [6.07, 6.45) is 1.62. The lowest BCUT2D eigenvalue weighted by Gasteiger charge is -2.29. The zero-order chi connectivity index (χ0) is 16.4. The standard InChI is InChI=1S/C17H19N3O3/c1-11-18-8-6-15(19-11)14-5-3-4-13-12(7-9-23-16(13)14)10-20(2)17(21)22/h3-6,8,12H,7,9-10H2,1-2H3,(H,21,22)/t12-/m0/s1. The lowest BCUT2D eigenvalue weighted by atomic mass is 9.90. The van der Waals surface area contributed by atoms with Gasteiger partial charge in [0.05, 0.1) is 12.3 Å². The fourth-order valence-electron chi connectivity index (χ4n) is 2.90. The van der Waals surface area contributed by atoms with Crippen LogP contribution < -0.4 is 4.74 Å². The highest BCUT2D eigenvalue weighted by Gasteiger charge is 2.26. The molecule has 0 fully saturated rings. The summed E-state index contributed by atoms with van der Waals surface area (Å²) in [6, 6.07) is 7.81. The van der Waals surface area contributed by atoms with Crippen molar-refractivity contribution in [3.05, 3.63) is 41.9 Å². The number of aromatic nitrogens is 2. The van der Waals surface area contributed by atoms with E-state index in [2.05, 4.69) is 9.97 Å². The maximum Gasteiger partial charge on any atom is 0.407 e. The second kappa shape index (κ2) is 6.24. The van der Waals surface area contributed by atoms with Crippen molar-refractivity contribution in [1.29, 1.82) is 0 Å². The highest BCUT2D eigenvalue weighted by molar-refractivity contribution is 5.70. The maximum atomic E-state index is 11.1. The molecule has 3 rings (SSSR count). The molecule has 0 saturated heterocycles. The molecule has 120 valence electrons. The zero-order valence-corrected chi connectivity index (χ0v) is 13.2. The average Bonchev–Trinajstić information content (AvgIpc) is 2.54. The molecule has 0 spiro atoms. The van der Waals surface area contributed by atoms with Crippen molar-refractivity contribution in [3.8, 4) is 17.0 Å². The van der Waals surface area contributed by atoms with E-state index < -0.39 is 6.09 Å². The Morgan fingerprint density at radius 3 is 3.00 bits per heavy atom. The van der Waals surface area contributed by atoms with Crippen LogP contribution in [0.15, 0.2) is 30.5 Å². The normalized spacial score (nSPS) is 16.3. The van der Waals surface area contributed by atoms with E-state index in [-0.39, 0.29) is 5.92 Å². The lowest BCUT2D eigenvalue weighted by molar-refractivity contribution is 0.149. The number of nitrogens with zero attached hydrogens (tertiary/aromatic N) is 3. The highest BCUT2D eigenvalue weighted by atomic mass is 16.5. The van der Waals surface area contributed by atoms with Gasteiger partial charge in [-0.05, 0) is 31.0 Å². The van der Waals surface area contributed by atoms with Gasteiger partial charge in [0.2, 0.25) is 0 Å². The third-order valence-corrected chi connectivity index (χ3v) is 4.07. The molecule has 1 atom stereocenters. The molecule has 1 aliphatic rings. The van der Waals surface area contributed by atoms with Gasteiger partial charge in [0.15, 0.2) is 0 Å². The molecule has 1 aliphatic heterocycles. The van der Waals surface area contributed by atoms with Gasteiger partial charge in [0.25, 0.3) is 0 Å². The minimum Gasteiger partial charge on any atom is -0.493 e. The maximum absolute atomic E-state index is 11.1. The van der Waals surface area contributed by atoms with E-state index in [1.165, 1.54) is 4.90 Å². The number of para-hydroxylation sites is 1. The SMILES string of the molecule is Cc1nccc(-c2cccc3c2OCC[C@H]3CN(C)C(=O)O)n1. The molecule has 1 N–H and O–H groups in total. The van der Waals surface area contributed by atoms with E-state index in [1.54, 1.807) is 13.2 Å². The van der Waals surface area contributed by atoms with Crippen molar-refractivity contribution in [2.75, 3.05) is 20.2 Å². The van der Waals surface area contributed by atoms with Gasteiger partial charge in [-0.3, -0.25) is 0 Å². The van der Waals surface area contributed by atoms with E-state index in [0.29, 0.717) is 19.0 Å². The minimum atomic E-state index is -0.916. The van der Waals surface area contributed by atoms with Gasteiger partial charge < -0.3 is 14.7 Å². The summed E-state index contributed by atoms with van der Waals surface area (Å²) in [4.78, 5) is 21.0. The molecular weight excluding hydrogens is 294 g/mol. The van der Waals surface area contributed by atoms with E-state index in [1.807, 2.05) is 31.2 Å². The van der Waals surface area contributed by atoms with Crippen LogP contribution in [0, 0.1) is 6.92 Å². The molecule has 1 amide bonds. The lowest BCUT2D eigenvalue weighted by Crippen LogP contribution is -2.31. The molecular formula is C17H19N3O3. The number of hydrogen-bond acceptors (Lipinski definition) is 4. The van der Waals surface area contributed by atoms with Crippen molar-refractivity contribution in [3.63, 3.8) is 0 Å². The summed E-state index contributed by atoms with van der Waals surface area (Å²) >= 11 is 0. The average molecular weight is 313 g/mol. The van der Waals surface area contributed by atoms with Crippen molar-refractivity contribution in [2.24, 2.45) is 0 Å². The fourth-order valence-corrected chi connectivity index (χ4v) is 2.90. The molecule has 2 aromatic rings. The van der Waals surface area contributed by atoms with Crippen molar-refractivity contribution < 1.29 is 14.6 Å². The van der Waals surface area contributed by atoms with E-state index in [0.717, 1.165) is 29.0 Å². The van der Waals surface area contributed by atoms with Gasteiger partial charge in [0.1, 0.15) is 11.6 Å². The van der Waals surface area contributed by atoms with Crippen LogP contribution >= 0.6 is 0 Å². The number of benzene rings is 1. The summed E-state index contributed by atoms with van der Waals surface area (Å²) in [7, 11) is 1.59. The zero-order valence-electron chi connectivity index (χ0n) is 13.2. The number of carbonyl (C=O) groups is 1. The van der Waals surface area contributed by atoms with Gasteiger partial charge in [-0.2, -0.15) is 0 Å². The monoisotopic (exact) mass is 313 g/mol. The van der Waals surface area contributed by atoms with Gasteiger partial charge >= 0.3 is 6.09 Å². The first-order chi connectivity index (χ1) is 11.1. The summed E-state index contributed by atoms with van der Waals surface area (Å²) in [5.41, 5.74) is 2.79. The summed E-state index contributed by atoms with van der Waals surface area (Å²) in [6.45, 7) is 2.88. The van der Waals surface area contributed by atoms with E-state index >= 15 is 0 Å². The minimum absolute atomic E-state index is 0.128. The molecule has 0 unspecified atom stereocenters. The molecule has 6 heteroatoms. The Hall–Kier alpha value is -2.63. The summed E-state index contributed by atoms with van der Waals surface area (Å²) in [5.74, 6) is 1.64. The largest absolute Gasteiger partial charge is 0.493 e. The second-order valence-electron chi connectivity index (χ2n) is 5.71. The second-order valence-corrected chi connectivity index (χ2v) is 5.71. The van der Waals surface area contributed by atoms with E-state index in [4.69, 9.17) is 9.84 Å². The van der Waals surface area contributed by atoms with E-state index in [9.17, 15) is 4.79 Å². The van der Waals surface area contributed by atoms with Crippen LogP contribution in [0.4, 0.5) is 4.79 Å². The van der Waals surface area contributed by atoms with Crippen LogP contribution in [0.1, 0.15) is 23.7 Å². The molecule has 2 heterocycles. The molecule has 1 aromatic heterocycles. The summed E-state index contributed by atoms with van der Waals surface area (Å²) in [5, 5.41) is 9.10. The van der Waals surface area contributed by atoms with Crippen molar-refractivity contribution in [1.82, 2.24) is 14.9 Å². The molecule has 0 radical (unpaired) electrons. The predicted octanol–water partition coefficient (Wildman–Crippen LogP) is 2.93. The third kappa shape index (κ3) is 3.11. The first-order valence-electron chi connectivity index (χ1n) is 7.56. The Morgan fingerprint density at radius 2 is 2.26 bits per heavy atom. The summed E-state index contributed by atoms with van der Waals surface area (Å²) < 4.78 is 5.89. The Bertz CT molecular complexity index is 733. The highest BCUT2D eigenvalue weighted by Crippen LogP contribution is 2.40. The van der Waals surface area contributed by atoms with Gasteiger partial charge in [-0.25, -0.2) is 14.8 Å². The fraction of sp³-hybridized carbons (Fsp3) is 0.353. The molecule has 0 bridgehead atoms. The first kappa shape index (κ1) is 15.3. The number of hydrogen-bond donors (Lipinski definition) is 1. The number of amides is 1. The molecule has 0 saturated carbocycles. The number of likely N-dealkylation sites (N-methyl/N-ethyl adjacent to an activating group) is 1. The number of rotatable bonds is 3. The predicted molar refractivity (Wildman–Crippen MR) is 85.7 cm³/mol. The van der Waals surface area contributed by atoms with Crippen LogP contribution in [0.5, 0.6) is 5.75 Å². The first-order valence-corrected chi connectivity index (χ1v) is 7.56. The van der Waals surface area contributed by atoms with Gasteiger partial charge in [-0.15, -0.1) is 0 Å². The molecule has 23 heavy (non-hydrogen) atoms. The number of carboxylic acid groups (broad SMARTS) is 1. The Kier molecular flexibility index (Phi) is 4.14. The smallest absolute Gasteiger partial charge is 0.407 e. The van der Waals surface area contributed by atoms with Crippen LogP contribution in [0.3, 0.4) is 0 Å². The van der Waals surface area contributed by atoms with Gasteiger partial charge in [0, 0.05) is 31.3 Å². The molecule has 0 aliphatic carbocycles. The number of aryl methyl sites for hydroxylation is 1. The van der Waals surface area contributed by atoms with Crippen LogP contribution in [-0.2, 0) is 0 Å². The molecule has 1 aromatic carbocycles. The topological polar surface area (TPSA) is 75.5 Å². The van der Waals surface area contributed by atoms with Crippen molar-refractivity contribution in [2.45, 2.75) is 19.3 Å². The number of ether oxygens (including phenoxy) is 1. The third-order valence-electron chi connectivity index (χ3n) is 4.07. The number of fused-ring (bicyclic) bond motifs is 1. The van der Waals surface area contributed by atoms with Gasteiger partial charge in [-0.1, -0.05) is 12.1 Å². The van der Waals surface area contributed by atoms with Crippen LogP contribution in [0.2, 0.25) is 0 Å². The quantitative estimate of drug-likeness (QED) is 0.943.